The maximum Gasteiger partial charge on any atom is 0.123 e. The largest absolute Gasteiger partial charge is 0.382 e. The molecule has 0 unspecified atom stereocenters. The molecule has 4 heteroatoms. The average molecular weight is 311 g/mol. The molecule has 2 aliphatic rings. The van der Waals surface area contributed by atoms with Crippen LogP contribution in [0.4, 0.5) is 0 Å². The van der Waals surface area contributed by atoms with Crippen LogP contribution < -0.4 is 0 Å². The van der Waals surface area contributed by atoms with Crippen LogP contribution in [0.1, 0.15) is 55.2 Å². The van der Waals surface area contributed by atoms with Crippen LogP contribution in [0.3, 0.4) is 0 Å². The first-order valence-electron chi connectivity index (χ1n) is 8.85. The van der Waals surface area contributed by atoms with Crippen LogP contribution in [0.2, 0.25) is 0 Å². The van der Waals surface area contributed by atoms with E-state index in [9.17, 15) is 5.11 Å². The van der Waals surface area contributed by atoms with E-state index in [-0.39, 0.29) is 0 Å². The fraction of sp³-hybridized carbons (Fsp3) is 0.526. The maximum absolute atomic E-state index is 10.6. The highest BCUT2D eigenvalue weighted by molar-refractivity contribution is 5.26. The highest BCUT2D eigenvalue weighted by Gasteiger charge is 2.27. The van der Waals surface area contributed by atoms with Gasteiger partial charge in [0.1, 0.15) is 6.10 Å². The van der Waals surface area contributed by atoms with Crippen molar-refractivity contribution < 1.29 is 5.11 Å². The van der Waals surface area contributed by atoms with Gasteiger partial charge in [0.05, 0.1) is 17.9 Å². The number of hydrogen-bond donors (Lipinski definition) is 1. The summed E-state index contributed by atoms with van der Waals surface area (Å²) in [5.74, 6) is 0. The lowest BCUT2D eigenvalue weighted by Gasteiger charge is -2.36. The van der Waals surface area contributed by atoms with Crippen molar-refractivity contribution in [1.29, 1.82) is 0 Å². The molecular formula is C19H25N3O. The number of aromatic nitrogens is 2. The Morgan fingerprint density at radius 2 is 1.83 bits per heavy atom. The minimum absolute atomic E-state index is 0.627. The minimum atomic E-state index is -0.627. The molecule has 0 amide bonds. The van der Waals surface area contributed by atoms with E-state index in [2.05, 4.69) is 20.7 Å². The van der Waals surface area contributed by atoms with Crippen LogP contribution in [-0.4, -0.2) is 32.4 Å². The number of aliphatic hydroxyl groups is 1. The Morgan fingerprint density at radius 1 is 1.04 bits per heavy atom. The Bertz CT molecular complexity index is 646. The fourth-order valence-corrected chi connectivity index (χ4v) is 4.01. The van der Waals surface area contributed by atoms with E-state index in [1.54, 1.807) is 0 Å². The first kappa shape index (κ1) is 14.9. The van der Waals surface area contributed by atoms with E-state index < -0.39 is 6.10 Å². The van der Waals surface area contributed by atoms with Crippen molar-refractivity contribution in [1.82, 2.24) is 14.7 Å². The van der Waals surface area contributed by atoms with Gasteiger partial charge in [-0.25, -0.2) is 0 Å². The molecule has 122 valence electrons. The summed E-state index contributed by atoms with van der Waals surface area (Å²) < 4.78 is 2.08. The van der Waals surface area contributed by atoms with Crippen molar-refractivity contribution >= 4 is 0 Å². The number of hydrogen-bond acceptors (Lipinski definition) is 3. The normalized spacial score (nSPS) is 21.1. The van der Waals surface area contributed by atoms with Gasteiger partial charge in [0, 0.05) is 19.1 Å². The molecule has 4 nitrogen and oxygen atoms in total. The summed E-state index contributed by atoms with van der Waals surface area (Å²) >= 11 is 0. The first-order valence-corrected chi connectivity index (χ1v) is 8.85. The second-order valence-corrected chi connectivity index (χ2v) is 6.86. The van der Waals surface area contributed by atoms with Gasteiger partial charge in [0.2, 0.25) is 0 Å². The van der Waals surface area contributed by atoms with E-state index in [1.807, 2.05) is 30.3 Å². The molecule has 0 radical (unpaired) electrons. The van der Waals surface area contributed by atoms with Crippen LogP contribution in [0.25, 0.3) is 0 Å². The Labute approximate surface area is 137 Å². The molecular weight excluding hydrogens is 286 g/mol. The summed E-state index contributed by atoms with van der Waals surface area (Å²) in [4.78, 5) is 2.62. The van der Waals surface area contributed by atoms with Gasteiger partial charge in [-0.05, 0) is 24.5 Å². The molecule has 23 heavy (non-hydrogen) atoms. The van der Waals surface area contributed by atoms with Crippen molar-refractivity contribution in [2.45, 2.75) is 57.3 Å². The molecule has 2 heterocycles. The van der Waals surface area contributed by atoms with Crippen molar-refractivity contribution in [3.63, 3.8) is 0 Å². The molecule has 1 atom stereocenters. The third-order valence-electron chi connectivity index (χ3n) is 5.33. The zero-order valence-corrected chi connectivity index (χ0v) is 13.6. The zero-order valence-electron chi connectivity index (χ0n) is 13.6. The minimum Gasteiger partial charge on any atom is -0.382 e. The van der Waals surface area contributed by atoms with Crippen LogP contribution in [0.15, 0.2) is 36.4 Å². The number of fused-ring (bicyclic) bond motifs is 1. The van der Waals surface area contributed by atoms with Crippen molar-refractivity contribution in [2.24, 2.45) is 0 Å². The standard InChI is InChI=1S/C19H25N3O/c23-19(15-7-3-1-4-8-15)18-13-17-14-21(11-12-22(17)20-18)16-9-5-2-6-10-16/h1,3-4,7-8,13,16,19,23H,2,5-6,9-12,14H2/t19-/m0/s1. The lowest BCUT2D eigenvalue weighted by atomic mass is 9.94. The first-order chi connectivity index (χ1) is 11.3. The maximum atomic E-state index is 10.6. The molecule has 1 aliphatic carbocycles. The van der Waals surface area contributed by atoms with E-state index >= 15 is 0 Å². The third-order valence-corrected chi connectivity index (χ3v) is 5.33. The van der Waals surface area contributed by atoms with Gasteiger partial charge in [-0.1, -0.05) is 49.6 Å². The highest BCUT2D eigenvalue weighted by atomic mass is 16.3. The molecule has 0 bridgehead atoms. The SMILES string of the molecule is O[C@@H](c1ccccc1)c1cc2n(n1)CCN(C1CCCCC1)C2. The van der Waals surface area contributed by atoms with Gasteiger partial charge in [0.15, 0.2) is 0 Å². The monoisotopic (exact) mass is 311 g/mol. The Hall–Kier alpha value is -1.65. The van der Waals surface area contributed by atoms with Gasteiger partial charge in [-0.3, -0.25) is 9.58 Å². The van der Waals surface area contributed by atoms with Crippen LogP contribution in [0, 0.1) is 0 Å². The molecule has 1 aliphatic heterocycles. The zero-order chi connectivity index (χ0) is 15.6. The molecule has 0 spiro atoms. The lowest BCUT2D eigenvalue weighted by Crippen LogP contribution is -2.42. The molecule has 2 aromatic rings. The molecule has 1 saturated carbocycles. The van der Waals surface area contributed by atoms with Gasteiger partial charge < -0.3 is 5.11 Å². The number of aliphatic hydroxyl groups excluding tert-OH is 1. The predicted octanol–water partition coefficient (Wildman–Crippen LogP) is 3.11. The smallest absolute Gasteiger partial charge is 0.123 e. The molecule has 1 aromatic heterocycles. The van der Waals surface area contributed by atoms with E-state index in [0.29, 0.717) is 0 Å². The molecule has 4 rings (SSSR count). The number of benzene rings is 1. The van der Waals surface area contributed by atoms with Crippen LogP contribution >= 0.6 is 0 Å². The Balaban J connectivity index is 1.51. The van der Waals surface area contributed by atoms with Crippen LogP contribution in [-0.2, 0) is 13.1 Å². The van der Waals surface area contributed by atoms with E-state index in [1.165, 1.54) is 37.8 Å². The van der Waals surface area contributed by atoms with Crippen LogP contribution in [0.5, 0.6) is 0 Å². The summed E-state index contributed by atoms with van der Waals surface area (Å²) in [6, 6.07) is 12.6. The van der Waals surface area contributed by atoms with Gasteiger partial charge >= 0.3 is 0 Å². The summed E-state index contributed by atoms with van der Waals surface area (Å²) in [5, 5.41) is 15.2. The second-order valence-electron chi connectivity index (χ2n) is 6.86. The molecule has 1 aromatic carbocycles. The third kappa shape index (κ3) is 3.06. The summed E-state index contributed by atoms with van der Waals surface area (Å²) in [6.07, 6.45) is 6.20. The van der Waals surface area contributed by atoms with Crippen molar-refractivity contribution in [3.8, 4) is 0 Å². The number of nitrogens with zero attached hydrogens (tertiary/aromatic N) is 3. The van der Waals surface area contributed by atoms with E-state index in [0.717, 1.165) is 36.9 Å². The molecule has 1 N–H and O–H groups in total. The average Bonchev–Trinajstić information content (AvgIpc) is 3.06. The molecule has 0 saturated heterocycles. The van der Waals surface area contributed by atoms with Gasteiger partial charge in [-0.2, -0.15) is 5.10 Å². The van der Waals surface area contributed by atoms with Gasteiger partial charge in [0.25, 0.3) is 0 Å². The van der Waals surface area contributed by atoms with Gasteiger partial charge in [-0.15, -0.1) is 0 Å². The highest BCUT2D eigenvalue weighted by Crippen LogP contribution is 2.28. The summed E-state index contributed by atoms with van der Waals surface area (Å²) in [5.41, 5.74) is 2.93. The summed E-state index contributed by atoms with van der Waals surface area (Å²) in [6.45, 7) is 2.99. The number of rotatable bonds is 3. The van der Waals surface area contributed by atoms with E-state index in [4.69, 9.17) is 0 Å². The Kier molecular flexibility index (Phi) is 4.19. The summed E-state index contributed by atoms with van der Waals surface area (Å²) in [7, 11) is 0. The van der Waals surface area contributed by atoms with Crippen molar-refractivity contribution in [3.05, 3.63) is 53.3 Å². The molecule has 1 fully saturated rings. The lowest BCUT2D eigenvalue weighted by molar-refractivity contribution is 0.119. The predicted molar refractivity (Wildman–Crippen MR) is 90.0 cm³/mol. The second kappa shape index (κ2) is 6.46. The Morgan fingerprint density at radius 3 is 2.61 bits per heavy atom. The topological polar surface area (TPSA) is 41.3 Å². The quantitative estimate of drug-likeness (QED) is 0.947. The fourth-order valence-electron chi connectivity index (χ4n) is 4.01. The van der Waals surface area contributed by atoms with Crippen molar-refractivity contribution in [2.75, 3.05) is 6.54 Å².